The molecule has 3 aromatic rings. The lowest BCUT2D eigenvalue weighted by Crippen LogP contribution is -2.48. The number of carbonyl (C=O) groups is 2. The molecule has 1 aromatic heterocycles. The lowest BCUT2D eigenvalue weighted by atomic mass is 9.72. The maximum absolute atomic E-state index is 14.3. The predicted octanol–water partition coefficient (Wildman–Crippen LogP) is 8.46. The van der Waals surface area contributed by atoms with E-state index in [-0.39, 0.29) is 66.8 Å². The number of alkyl halides is 9. The third kappa shape index (κ3) is 8.32. The molecule has 0 N–H and O–H groups in total. The van der Waals surface area contributed by atoms with E-state index in [1.165, 1.54) is 11.9 Å². The summed E-state index contributed by atoms with van der Waals surface area (Å²) < 4.78 is 132. The molecule has 2 heterocycles. The quantitative estimate of drug-likeness (QED) is 0.171. The molecule has 2 aliphatic rings. The van der Waals surface area contributed by atoms with Crippen LogP contribution in [0.15, 0.2) is 36.4 Å². The minimum Gasteiger partial charge on any atom is -0.466 e. The molecule has 2 aromatic carbocycles. The van der Waals surface area contributed by atoms with Crippen molar-refractivity contribution < 1.29 is 53.8 Å². The number of hydrogen-bond donors (Lipinski definition) is 0. The van der Waals surface area contributed by atoms with Crippen molar-refractivity contribution in [2.45, 2.75) is 95.2 Å². The summed E-state index contributed by atoms with van der Waals surface area (Å²) in [4.78, 5) is 28.6. The summed E-state index contributed by atoms with van der Waals surface area (Å²) in [5.74, 6) is -4.25. The Bertz CT molecular complexity index is 1700. The summed E-state index contributed by atoms with van der Waals surface area (Å²) in [6.45, 7) is 3.66. The number of hydrogen-bond acceptors (Lipinski definition) is 6. The predicted molar refractivity (Wildman–Crippen MR) is 164 cm³/mol. The van der Waals surface area contributed by atoms with Gasteiger partial charge in [-0.25, -0.2) is 0 Å². The standard InChI is InChI=1S/C34H36F9N5O3/c1-4-24-17-26(29(30-44-46-47(3)45-30)20-13-22(33(38,39)40)15-23(14-20)34(41,42)43)25-16-21(32(35,36)37)10-11-27(25)48(24)31(50)19-8-6-18(7-9-19)12-28(49)51-5-2/h10-11,13-16,18-19,24,26,29H,4-9,12,17H2,1-3H3/t18?,19?,24-,26-,29-/m1/s1. The maximum atomic E-state index is 14.3. The molecule has 0 bridgehead atoms. The van der Waals surface area contributed by atoms with E-state index in [1.807, 2.05) is 0 Å². The Balaban J connectivity index is 1.63. The molecule has 1 amide bonds. The van der Waals surface area contributed by atoms with Crippen molar-refractivity contribution in [3.05, 3.63) is 70.0 Å². The molecular formula is C34H36F9N5O3. The van der Waals surface area contributed by atoms with E-state index in [1.54, 1.807) is 13.8 Å². The van der Waals surface area contributed by atoms with Crippen LogP contribution in [0.2, 0.25) is 0 Å². The van der Waals surface area contributed by atoms with Gasteiger partial charge in [-0.05, 0) is 104 Å². The van der Waals surface area contributed by atoms with Gasteiger partial charge in [0.25, 0.3) is 0 Å². The van der Waals surface area contributed by atoms with E-state index >= 15 is 0 Å². The molecule has 0 radical (unpaired) electrons. The van der Waals surface area contributed by atoms with Gasteiger partial charge in [-0.2, -0.15) is 44.3 Å². The Kier molecular flexibility index (Phi) is 10.8. The number of benzene rings is 2. The Morgan fingerprint density at radius 2 is 1.47 bits per heavy atom. The third-order valence-corrected chi connectivity index (χ3v) is 9.74. The molecule has 51 heavy (non-hydrogen) atoms. The Morgan fingerprint density at radius 3 is 1.98 bits per heavy atom. The number of anilines is 1. The van der Waals surface area contributed by atoms with Crippen LogP contribution in [0.5, 0.6) is 0 Å². The molecule has 17 heteroatoms. The number of esters is 1. The smallest absolute Gasteiger partial charge is 0.416 e. The van der Waals surface area contributed by atoms with Gasteiger partial charge in [0.15, 0.2) is 5.82 Å². The first-order chi connectivity index (χ1) is 23.8. The first kappa shape index (κ1) is 38.1. The van der Waals surface area contributed by atoms with Crippen LogP contribution in [0.3, 0.4) is 0 Å². The molecule has 5 rings (SSSR count). The number of nitrogens with zero attached hydrogens (tertiary/aromatic N) is 5. The van der Waals surface area contributed by atoms with E-state index in [9.17, 15) is 49.1 Å². The molecule has 0 saturated heterocycles. The average molecular weight is 734 g/mol. The monoisotopic (exact) mass is 733 g/mol. The van der Waals surface area contributed by atoms with E-state index in [0.717, 1.165) is 23.0 Å². The van der Waals surface area contributed by atoms with Crippen molar-refractivity contribution >= 4 is 17.6 Å². The van der Waals surface area contributed by atoms with Crippen molar-refractivity contribution in [3.8, 4) is 0 Å². The number of amides is 1. The van der Waals surface area contributed by atoms with Gasteiger partial charge in [-0.15, -0.1) is 10.2 Å². The van der Waals surface area contributed by atoms with Crippen LogP contribution in [0, 0.1) is 11.8 Å². The SMILES string of the molecule is CCOC(=O)CC1CCC(C(=O)N2c3ccc(C(F)(F)F)cc3[C@H]([C@@H](c3cc(C(F)(F)F)cc(C(F)(F)F)c3)c3nnn(C)n3)C[C@H]2CC)CC1. The van der Waals surface area contributed by atoms with Crippen molar-refractivity contribution in [3.63, 3.8) is 0 Å². The highest BCUT2D eigenvalue weighted by Crippen LogP contribution is 2.51. The van der Waals surface area contributed by atoms with Gasteiger partial charge >= 0.3 is 24.5 Å². The fraction of sp³-hybridized carbons (Fsp3) is 0.559. The van der Waals surface area contributed by atoms with Crippen LogP contribution < -0.4 is 4.90 Å². The van der Waals surface area contributed by atoms with Crippen molar-refractivity contribution in [1.29, 1.82) is 0 Å². The van der Waals surface area contributed by atoms with Crippen molar-refractivity contribution in [2.24, 2.45) is 18.9 Å². The lowest BCUT2D eigenvalue weighted by Gasteiger charge is -2.45. The molecule has 8 nitrogen and oxygen atoms in total. The number of carbonyl (C=O) groups excluding carboxylic acids is 2. The van der Waals surface area contributed by atoms with Gasteiger partial charge in [-0.1, -0.05) is 6.92 Å². The zero-order valence-electron chi connectivity index (χ0n) is 27.9. The number of rotatable bonds is 8. The molecule has 3 atom stereocenters. The lowest BCUT2D eigenvalue weighted by molar-refractivity contribution is -0.145. The fourth-order valence-corrected chi connectivity index (χ4v) is 7.34. The second-order valence-corrected chi connectivity index (χ2v) is 13.1. The largest absolute Gasteiger partial charge is 0.466 e. The molecule has 1 aliphatic heterocycles. The Labute approximate surface area is 287 Å². The van der Waals surface area contributed by atoms with E-state index in [4.69, 9.17) is 4.74 Å². The summed E-state index contributed by atoms with van der Waals surface area (Å²) in [6, 6.07) is 3.05. The normalized spacial score (nSPS) is 22.0. The fourth-order valence-electron chi connectivity index (χ4n) is 7.34. The summed E-state index contributed by atoms with van der Waals surface area (Å²) >= 11 is 0. The molecule has 0 unspecified atom stereocenters. The van der Waals surface area contributed by atoms with Gasteiger partial charge in [0.1, 0.15) is 0 Å². The van der Waals surface area contributed by atoms with E-state index in [0.29, 0.717) is 37.8 Å². The van der Waals surface area contributed by atoms with E-state index < -0.39 is 64.6 Å². The second-order valence-electron chi connectivity index (χ2n) is 13.1. The summed E-state index contributed by atoms with van der Waals surface area (Å²) in [5.41, 5.74) is -4.87. The van der Waals surface area contributed by atoms with Crippen LogP contribution in [0.1, 0.15) is 104 Å². The summed E-state index contributed by atoms with van der Waals surface area (Å²) in [5, 5.41) is 11.7. The number of aromatic nitrogens is 4. The minimum absolute atomic E-state index is 0.00303. The number of ether oxygens (including phenoxy) is 1. The molecule has 1 fully saturated rings. The first-order valence-electron chi connectivity index (χ1n) is 16.5. The van der Waals surface area contributed by atoms with Gasteiger partial charge in [0.2, 0.25) is 5.91 Å². The third-order valence-electron chi connectivity index (χ3n) is 9.74. The first-order valence-corrected chi connectivity index (χ1v) is 16.5. The van der Waals surface area contributed by atoms with Gasteiger partial charge in [0.05, 0.1) is 36.3 Å². The highest BCUT2D eigenvalue weighted by molar-refractivity contribution is 5.97. The highest BCUT2D eigenvalue weighted by atomic mass is 19.4. The Hall–Kier alpha value is -4.18. The van der Waals surface area contributed by atoms with Crippen LogP contribution in [0.4, 0.5) is 45.2 Å². The van der Waals surface area contributed by atoms with Gasteiger partial charge < -0.3 is 9.64 Å². The van der Waals surface area contributed by atoms with E-state index in [2.05, 4.69) is 15.4 Å². The van der Waals surface area contributed by atoms with Crippen LogP contribution in [-0.2, 0) is 39.9 Å². The van der Waals surface area contributed by atoms with Crippen LogP contribution in [-0.4, -0.2) is 44.7 Å². The maximum Gasteiger partial charge on any atom is 0.416 e. The van der Waals surface area contributed by atoms with Gasteiger partial charge in [-0.3, -0.25) is 9.59 Å². The van der Waals surface area contributed by atoms with Crippen LogP contribution in [0.25, 0.3) is 0 Å². The number of aryl methyl sites for hydroxylation is 1. The number of halogens is 9. The molecule has 1 aliphatic carbocycles. The summed E-state index contributed by atoms with van der Waals surface area (Å²) in [6.07, 6.45) is -13.0. The number of fused-ring (bicyclic) bond motifs is 1. The second kappa shape index (κ2) is 14.4. The molecule has 278 valence electrons. The number of tetrazole rings is 1. The summed E-state index contributed by atoms with van der Waals surface area (Å²) in [7, 11) is 1.33. The zero-order chi connectivity index (χ0) is 37.5. The zero-order valence-corrected chi connectivity index (χ0v) is 27.9. The molecule has 0 spiro atoms. The Morgan fingerprint density at radius 1 is 0.863 bits per heavy atom. The van der Waals surface area contributed by atoms with Gasteiger partial charge in [0, 0.05) is 30.0 Å². The van der Waals surface area contributed by atoms with Crippen molar-refractivity contribution in [2.75, 3.05) is 11.5 Å². The van der Waals surface area contributed by atoms with Crippen LogP contribution >= 0.6 is 0 Å². The van der Waals surface area contributed by atoms with Crippen molar-refractivity contribution in [1.82, 2.24) is 20.2 Å². The highest BCUT2D eigenvalue weighted by Gasteiger charge is 2.46. The average Bonchev–Trinajstić information content (AvgIpc) is 3.48. The minimum atomic E-state index is -5.20. The molecular weight excluding hydrogens is 697 g/mol. The molecule has 1 saturated carbocycles. The topological polar surface area (TPSA) is 90.2 Å².